The number of hydrogen-bond acceptors (Lipinski definition) is 9. The zero-order valence-electron chi connectivity index (χ0n) is 19.6. The molecule has 1 saturated heterocycles. The first-order chi connectivity index (χ1) is 18.6. The Kier molecular flexibility index (Phi) is 7.80. The quantitative estimate of drug-likeness (QED) is 0.177. The number of ether oxygens (including phenoxy) is 2. The number of rotatable bonds is 8. The molecular formula is C24H15F3N4O7S. The molecule has 15 heteroatoms. The number of nitrogens with zero attached hydrogens (tertiary/aromatic N) is 3. The number of nitro groups is 1. The predicted molar refractivity (Wildman–Crippen MR) is 132 cm³/mol. The van der Waals surface area contributed by atoms with Crippen molar-refractivity contribution >= 4 is 46.3 Å². The van der Waals surface area contributed by atoms with Crippen LogP contribution in [0.15, 0.2) is 53.6 Å². The SMILES string of the molecule is COc1cc(/C=C2\SC(=O)N(CC(=O)Nc3ccc(F)c(F)c3F)C2=O)ccc1Oc1ncccc1[N+](=O)[O-]. The summed E-state index contributed by atoms with van der Waals surface area (Å²) in [6, 6.07) is 8.34. The van der Waals surface area contributed by atoms with Crippen LogP contribution in [0.2, 0.25) is 0 Å². The van der Waals surface area contributed by atoms with Gasteiger partial charge < -0.3 is 14.8 Å². The molecule has 39 heavy (non-hydrogen) atoms. The van der Waals surface area contributed by atoms with E-state index in [1.54, 1.807) is 0 Å². The summed E-state index contributed by atoms with van der Waals surface area (Å²) in [5.74, 6) is -6.75. The first-order valence-electron chi connectivity index (χ1n) is 10.7. The molecule has 2 aromatic carbocycles. The van der Waals surface area contributed by atoms with Crippen molar-refractivity contribution in [3.63, 3.8) is 0 Å². The largest absolute Gasteiger partial charge is 0.493 e. The third-order valence-electron chi connectivity index (χ3n) is 5.12. The lowest BCUT2D eigenvalue weighted by Gasteiger charge is -2.13. The molecule has 0 spiro atoms. The molecule has 0 aliphatic carbocycles. The summed E-state index contributed by atoms with van der Waals surface area (Å²) in [5, 5.41) is 12.4. The number of halogens is 3. The van der Waals surface area contributed by atoms with Gasteiger partial charge in [-0.15, -0.1) is 0 Å². The van der Waals surface area contributed by atoms with Crippen LogP contribution in [-0.4, -0.2) is 45.5 Å². The molecule has 0 bridgehead atoms. The molecule has 200 valence electrons. The highest BCUT2D eigenvalue weighted by atomic mass is 32.2. The fraction of sp³-hybridized carbons (Fsp3) is 0.0833. The number of anilines is 1. The second kappa shape index (κ2) is 11.2. The number of aromatic nitrogens is 1. The molecule has 1 aliphatic rings. The number of thioether (sulfide) groups is 1. The van der Waals surface area contributed by atoms with E-state index in [2.05, 4.69) is 4.98 Å². The zero-order valence-corrected chi connectivity index (χ0v) is 20.5. The van der Waals surface area contributed by atoms with Gasteiger partial charge in [0.15, 0.2) is 29.0 Å². The Morgan fingerprint density at radius 3 is 2.64 bits per heavy atom. The Labute approximate surface area is 221 Å². The van der Waals surface area contributed by atoms with Crippen LogP contribution >= 0.6 is 11.8 Å². The lowest BCUT2D eigenvalue weighted by Crippen LogP contribution is -2.36. The first-order valence-corrected chi connectivity index (χ1v) is 11.5. The van der Waals surface area contributed by atoms with Gasteiger partial charge in [-0.3, -0.25) is 29.4 Å². The van der Waals surface area contributed by atoms with E-state index in [0.29, 0.717) is 28.3 Å². The Morgan fingerprint density at radius 1 is 1.15 bits per heavy atom. The second-order valence-electron chi connectivity index (χ2n) is 7.64. The second-order valence-corrected chi connectivity index (χ2v) is 8.63. The van der Waals surface area contributed by atoms with Gasteiger partial charge in [0.25, 0.3) is 17.0 Å². The molecule has 1 aliphatic heterocycles. The van der Waals surface area contributed by atoms with E-state index in [9.17, 15) is 37.7 Å². The normalized spacial score (nSPS) is 14.1. The van der Waals surface area contributed by atoms with Crippen LogP contribution in [0.1, 0.15) is 5.56 Å². The van der Waals surface area contributed by atoms with Crippen molar-refractivity contribution in [2.45, 2.75) is 0 Å². The smallest absolute Gasteiger partial charge is 0.331 e. The minimum atomic E-state index is -1.79. The van der Waals surface area contributed by atoms with Gasteiger partial charge in [-0.05, 0) is 53.7 Å². The molecule has 3 amide bonds. The van der Waals surface area contributed by atoms with Crippen molar-refractivity contribution in [1.29, 1.82) is 0 Å². The number of nitrogens with one attached hydrogen (secondary N) is 1. The van der Waals surface area contributed by atoms with E-state index in [1.165, 1.54) is 49.7 Å². The summed E-state index contributed by atoms with van der Waals surface area (Å²) in [7, 11) is 1.32. The Hall–Kier alpha value is -4.92. The maximum atomic E-state index is 13.8. The molecule has 1 N–H and O–H groups in total. The standard InChI is InChI=1S/C24H15F3N4O7S/c1-37-17-9-12(4-7-16(17)38-22-15(31(35)36)3-2-8-28-22)10-18-23(33)30(24(34)39-18)11-19(32)29-14-6-5-13(25)20(26)21(14)27/h2-10H,11H2,1H3,(H,29,32)/b18-10-. The van der Waals surface area contributed by atoms with E-state index in [-0.39, 0.29) is 28.0 Å². The van der Waals surface area contributed by atoms with Gasteiger partial charge in [-0.25, -0.2) is 18.2 Å². The number of benzene rings is 2. The minimum Gasteiger partial charge on any atom is -0.493 e. The predicted octanol–water partition coefficient (Wildman–Crippen LogP) is 4.88. The number of pyridine rings is 1. The number of amides is 3. The number of carbonyl (C=O) groups is 3. The topological polar surface area (TPSA) is 141 Å². The highest BCUT2D eigenvalue weighted by Crippen LogP contribution is 2.37. The molecule has 0 unspecified atom stereocenters. The van der Waals surface area contributed by atoms with Crippen LogP contribution in [0.4, 0.5) is 29.3 Å². The van der Waals surface area contributed by atoms with Gasteiger partial charge in [0.1, 0.15) is 6.54 Å². The summed E-state index contributed by atoms with van der Waals surface area (Å²) in [6.07, 6.45) is 2.65. The molecule has 1 aromatic heterocycles. The lowest BCUT2D eigenvalue weighted by atomic mass is 10.2. The summed E-state index contributed by atoms with van der Waals surface area (Å²) >= 11 is 0.536. The fourth-order valence-electron chi connectivity index (χ4n) is 3.31. The van der Waals surface area contributed by atoms with Crippen LogP contribution in [0, 0.1) is 27.6 Å². The summed E-state index contributed by atoms with van der Waals surface area (Å²) in [6.45, 7) is -0.806. The minimum absolute atomic E-state index is 0.0529. The number of methoxy groups -OCH3 is 1. The van der Waals surface area contributed by atoms with Crippen molar-refractivity contribution < 1.29 is 42.0 Å². The van der Waals surface area contributed by atoms with Crippen molar-refractivity contribution in [2.24, 2.45) is 0 Å². The Balaban J connectivity index is 1.49. The molecule has 0 atom stereocenters. The van der Waals surface area contributed by atoms with Crippen LogP contribution < -0.4 is 14.8 Å². The number of carbonyl (C=O) groups excluding carboxylic acids is 3. The monoisotopic (exact) mass is 560 g/mol. The van der Waals surface area contributed by atoms with Gasteiger partial charge in [0, 0.05) is 12.3 Å². The molecule has 0 saturated carbocycles. The van der Waals surface area contributed by atoms with Crippen LogP contribution in [0.3, 0.4) is 0 Å². The Morgan fingerprint density at radius 2 is 1.92 bits per heavy atom. The first kappa shape index (κ1) is 27.1. The molecule has 1 fully saturated rings. The average Bonchev–Trinajstić information content (AvgIpc) is 3.17. The Bertz CT molecular complexity index is 1550. The van der Waals surface area contributed by atoms with Crippen LogP contribution in [0.5, 0.6) is 17.4 Å². The van der Waals surface area contributed by atoms with E-state index in [1.807, 2.05) is 5.32 Å². The average molecular weight is 560 g/mol. The molecule has 2 heterocycles. The zero-order chi connectivity index (χ0) is 28.3. The van der Waals surface area contributed by atoms with Gasteiger partial charge in [-0.1, -0.05) is 6.07 Å². The third-order valence-corrected chi connectivity index (χ3v) is 6.03. The number of hydrogen-bond donors (Lipinski definition) is 1. The number of imide groups is 1. The van der Waals surface area contributed by atoms with E-state index in [4.69, 9.17) is 9.47 Å². The summed E-state index contributed by atoms with van der Waals surface area (Å²) < 4.78 is 51.1. The maximum absolute atomic E-state index is 13.8. The maximum Gasteiger partial charge on any atom is 0.331 e. The van der Waals surface area contributed by atoms with E-state index < -0.39 is 51.7 Å². The molecule has 3 aromatic rings. The van der Waals surface area contributed by atoms with Crippen LogP contribution in [-0.2, 0) is 9.59 Å². The lowest BCUT2D eigenvalue weighted by molar-refractivity contribution is -0.386. The van der Waals surface area contributed by atoms with Gasteiger partial charge >= 0.3 is 5.69 Å². The van der Waals surface area contributed by atoms with Crippen LogP contribution in [0.25, 0.3) is 6.08 Å². The summed E-state index contributed by atoms with van der Waals surface area (Å²) in [5.41, 5.74) is -0.644. The molecular weight excluding hydrogens is 545 g/mol. The van der Waals surface area contributed by atoms with Gasteiger partial charge in [0.05, 0.1) is 22.6 Å². The van der Waals surface area contributed by atoms with E-state index in [0.717, 1.165) is 6.07 Å². The summed E-state index contributed by atoms with van der Waals surface area (Å²) in [4.78, 5) is 52.3. The van der Waals surface area contributed by atoms with Crippen molar-refractivity contribution in [3.05, 3.63) is 86.7 Å². The van der Waals surface area contributed by atoms with Crippen molar-refractivity contribution in [1.82, 2.24) is 9.88 Å². The van der Waals surface area contributed by atoms with Crippen molar-refractivity contribution in [3.8, 4) is 17.4 Å². The van der Waals surface area contributed by atoms with Gasteiger partial charge in [0.2, 0.25) is 5.91 Å². The highest BCUT2D eigenvalue weighted by molar-refractivity contribution is 8.18. The molecule has 4 rings (SSSR count). The van der Waals surface area contributed by atoms with Crippen molar-refractivity contribution in [2.75, 3.05) is 19.0 Å². The molecule has 0 radical (unpaired) electrons. The molecule has 11 nitrogen and oxygen atoms in total. The fourth-order valence-corrected chi connectivity index (χ4v) is 4.14. The van der Waals surface area contributed by atoms with Gasteiger partial charge in [-0.2, -0.15) is 0 Å². The third kappa shape index (κ3) is 5.82. The highest BCUT2D eigenvalue weighted by Gasteiger charge is 2.36. The van der Waals surface area contributed by atoms with E-state index >= 15 is 0 Å².